The number of nitrogens with two attached hydrogens (primary N) is 1. The summed E-state index contributed by atoms with van der Waals surface area (Å²) in [5.74, 6) is -1.84. The van der Waals surface area contributed by atoms with E-state index in [-0.39, 0.29) is 18.9 Å². The van der Waals surface area contributed by atoms with E-state index < -0.39 is 23.9 Å². The summed E-state index contributed by atoms with van der Waals surface area (Å²) in [7, 11) is 0. The van der Waals surface area contributed by atoms with Crippen molar-refractivity contribution in [1.82, 2.24) is 10.6 Å². The topological polar surface area (TPSA) is 122 Å². The van der Waals surface area contributed by atoms with Crippen molar-refractivity contribution in [3.8, 4) is 0 Å². The van der Waals surface area contributed by atoms with Gasteiger partial charge in [-0.3, -0.25) is 4.79 Å². The average molecular weight is 334 g/mol. The predicted octanol–water partition coefficient (Wildman–Crippen LogP) is 1.48. The van der Waals surface area contributed by atoms with Gasteiger partial charge in [0.2, 0.25) is 5.91 Å². The molecule has 1 unspecified atom stereocenters. The van der Waals surface area contributed by atoms with E-state index in [1.807, 2.05) is 0 Å². The Hall–Kier alpha value is -1.80. The molecule has 9 heteroatoms. The van der Waals surface area contributed by atoms with E-state index in [1.54, 1.807) is 19.1 Å². The minimum Gasteiger partial charge on any atom is -0.480 e. The van der Waals surface area contributed by atoms with Crippen LogP contribution < -0.4 is 16.4 Å². The first-order chi connectivity index (χ1) is 9.79. The lowest BCUT2D eigenvalue weighted by Gasteiger charge is -2.17. The Morgan fingerprint density at radius 2 is 2.05 bits per heavy atom. The van der Waals surface area contributed by atoms with Gasteiger partial charge >= 0.3 is 12.0 Å². The number of carboxylic acids is 1. The third kappa shape index (κ3) is 6.01. The van der Waals surface area contributed by atoms with Crippen LogP contribution in [-0.2, 0) is 9.59 Å². The minimum atomic E-state index is -1.22. The Kier molecular flexibility index (Phi) is 6.44. The van der Waals surface area contributed by atoms with Crippen LogP contribution in [0.1, 0.15) is 30.7 Å². The summed E-state index contributed by atoms with van der Waals surface area (Å²) in [5, 5.41) is 13.9. The molecule has 116 valence electrons. The van der Waals surface area contributed by atoms with Gasteiger partial charge in [-0.25, -0.2) is 9.59 Å². The third-order valence-electron chi connectivity index (χ3n) is 2.65. The maximum atomic E-state index is 11.8. The highest BCUT2D eigenvalue weighted by atomic mass is 35.5. The summed E-state index contributed by atoms with van der Waals surface area (Å²) in [5.41, 5.74) is 4.96. The molecule has 7 nitrogen and oxygen atoms in total. The molecular weight excluding hydrogens is 318 g/mol. The smallest absolute Gasteiger partial charge is 0.326 e. The van der Waals surface area contributed by atoms with Gasteiger partial charge in [-0.05, 0) is 25.5 Å². The van der Waals surface area contributed by atoms with Crippen molar-refractivity contribution >= 4 is 40.8 Å². The Morgan fingerprint density at radius 3 is 2.52 bits per heavy atom. The number of primary amides is 1. The monoisotopic (exact) mass is 333 g/mol. The fourth-order valence-electron chi connectivity index (χ4n) is 1.57. The third-order valence-corrected chi connectivity index (χ3v) is 4.07. The predicted molar refractivity (Wildman–Crippen MR) is 79.3 cm³/mol. The molecule has 0 bridgehead atoms. The van der Waals surface area contributed by atoms with Crippen molar-refractivity contribution in [3.05, 3.63) is 21.3 Å². The van der Waals surface area contributed by atoms with Crippen LogP contribution in [0.25, 0.3) is 0 Å². The highest BCUT2D eigenvalue weighted by molar-refractivity contribution is 7.16. The molecule has 1 rings (SSSR count). The largest absolute Gasteiger partial charge is 0.480 e. The molecule has 1 aromatic rings. The number of halogens is 1. The second-order valence-corrected chi connectivity index (χ2v) is 6.12. The number of aliphatic carboxylic acids is 1. The molecule has 2 atom stereocenters. The molecule has 0 aliphatic carbocycles. The zero-order chi connectivity index (χ0) is 16.0. The molecule has 21 heavy (non-hydrogen) atoms. The van der Waals surface area contributed by atoms with Gasteiger partial charge in [0.1, 0.15) is 6.04 Å². The number of hydrogen-bond donors (Lipinski definition) is 4. The van der Waals surface area contributed by atoms with Gasteiger partial charge in [0.05, 0.1) is 10.4 Å². The molecule has 0 aliphatic rings. The summed E-state index contributed by atoms with van der Waals surface area (Å²) in [6.45, 7) is 1.75. The first kappa shape index (κ1) is 17.3. The van der Waals surface area contributed by atoms with Gasteiger partial charge in [0, 0.05) is 11.3 Å². The highest BCUT2D eigenvalue weighted by Crippen LogP contribution is 2.26. The Balaban J connectivity index is 2.53. The molecular formula is C12H16ClN3O4S. The van der Waals surface area contributed by atoms with E-state index in [9.17, 15) is 14.4 Å². The zero-order valence-electron chi connectivity index (χ0n) is 11.3. The molecule has 3 amide bonds. The molecule has 0 fully saturated rings. The van der Waals surface area contributed by atoms with Crippen molar-refractivity contribution in [2.75, 3.05) is 0 Å². The maximum Gasteiger partial charge on any atom is 0.326 e. The van der Waals surface area contributed by atoms with Crippen LogP contribution in [0.4, 0.5) is 4.79 Å². The van der Waals surface area contributed by atoms with Gasteiger partial charge in [0.15, 0.2) is 0 Å². The molecule has 1 heterocycles. The van der Waals surface area contributed by atoms with E-state index in [0.29, 0.717) is 4.34 Å². The van der Waals surface area contributed by atoms with Crippen molar-refractivity contribution in [2.45, 2.75) is 31.8 Å². The van der Waals surface area contributed by atoms with Crippen molar-refractivity contribution < 1.29 is 19.5 Å². The first-order valence-corrected chi connectivity index (χ1v) is 7.32. The number of carbonyl (C=O) groups is 3. The number of carbonyl (C=O) groups excluding carboxylic acids is 2. The number of urea groups is 1. The fraction of sp³-hybridized carbons (Fsp3) is 0.417. The summed E-state index contributed by atoms with van der Waals surface area (Å²) < 4.78 is 0.601. The summed E-state index contributed by atoms with van der Waals surface area (Å²) >= 11 is 7.13. The van der Waals surface area contributed by atoms with Crippen LogP contribution in [0.2, 0.25) is 4.34 Å². The van der Waals surface area contributed by atoms with Crippen molar-refractivity contribution in [1.29, 1.82) is 0 Å². The number of nitrogens with one attached hydrogen (secondary N) is 2. The molecule has 0 saturated carbocycles. The van der Waals surface area contributed by atoms with Gasteiger partial charge in [-0.1, -0.05) is 11.6 Å². The quantitative estimate of drug-likeness (QED) is 0.603. The number of amides is 3. The minimum absolute atomic E-state index is 0.0582. The molecule has 0 spiro atoms. The van der Waals surface area contributed by atoms with Crippen molar-refractivity contribution in [3.63, 3.8) is 0 Å². The number of hydrogen-bond acceptors (Lipinski definition) is 4. The Morgan fingerprint density at radius 1 is 1.38 bits per heavy atom. The summed E-state index contributed by atoms with van der Waals surface area (Å²) in [4.78, 5) is 34.3. The molecule has 5 N–H and O–H groups in total. The first-order valence-electron chi connectivity index (χ1n) is 6.13. The number of carboxylic acid groups (broad SMARTS) is 1. The lowest BCUT2D eigenvalue weighted by atomic mass is 10.1. The molecule has 0 saturated heterocycles. The lowest BCUT2D eigenvalue weighted by Crippen LogP contribution is -2.46. The van der Waals surface area contributed by atoms with E-state index in [0.717, 1.165) is 4.88 Å². The number of thiophene rings is 1. The highest BCUT2D eigenvalue weighted by Gasteiger charge is 2.21. The van der Waals surface area contributed by atoms with E-state index in [2.05, 4.69) is 10.6 Å². The molecule has 0 radical (unpaired) electrons. The Labute approximate surface area is 130 Å². The lowest BCUT2D eigenvalue weighted by molar-refractivity contribution is -0.139. The van der Waals surface area contributed by atoms with E-state index >= 15 is 0 Å². The average Bonchev–Trinajstić information content (AvgIpc) is 2.80. The zero-order valence-corrected chi connectivity index (χ0v) is 12.8. The maximum absolute atomic E-state index is 11.8. The molecule has 0 aliphatic heterocycles. The van der Waals surface area contributed by atoms with Gasteiger partial charge in [0.25, 0.3) is 0 Å². The summed E-state index contributed by atoms with van der Waals surface area (Å²) in [6, 6.07) is 1.37. The van der Waals surface area contributed by atoms with Gasteiger partial charge in [-0.15, -0.1) is 11.3 Å². The normalized spacial score (nSPS) is 13.2. The van der Waals surface area contributed by atoms with Gasteiger partial charge in [-0.2, -0.15) is 0 Å². The standard InChI is InChI=1S/C12H16ClN3O4S/c1-6(8-3-4-9(13)21-8)15-12(20)16-7(11(18)19)2-5-10(14)17/h3-4,6-7H,2,5H2,1H3,(H2,14,17)(H,18,19)(H2,15,16,20)/t6?,7-/m0/s1. The van der Waals surface area contributed by atoms with Crippen LogP contribution in [-0.4, -0.2) is 29.1 Å². The number of rotatable bonds is 7. The van der Waals surface area contributed by atoms with Crippen LogP contribution in [0.15, 0.2) is 12.1 Å². The van der Waals surface area contributed by atoms with E-state index in [1.165, 1.54) is 11.3 Å². The van der Waals surface area contributed by atoms with Crippen LogP contribution in [0, 0.1) is 0 Å². The second-order valence-electron chi connectivity index (χ2n) is 4.38. The van der Waals surface area contributed by atoms with Gasteiger partial charge < -0.3 is 21.5 Å². The fourth-order valence-corrected chi connectivity index (χ4v) is 2.64. The SMILES string of the molecule is CC(NC(=O)N[C@@H](CCC(N)=O)C(=O)O)c1ccc(Cl)s1. The molecule has 1 aromatic heterocycles. The van der Waals surface area contributed by atoms with Crippen molar-refractivity contribution in [2.24, 2.45) is 5.73 Å². The van der Waals surface area contributed by atoms with Crippen LogP contribution in [0.3, 0.4) is 0 Å². The Bertz CT molecular complexity index is 534. The second kappa shape index (κ2) is 7.84. The molecule has 0 aromatic carbocycles. The summed E-state index contributed by atoms with van der Waals surface area (Å²) in [6.07, 6.45) is -0.176. The van der Waals surface area contributed by atoms with Crippen LogP contribution in [0.5, 0.6) is 0 Å². The van der Waals surface area contributed by atoms with E-state index in [4.69, 9.17) is 22.4 Å². The van der Waals surface area contributed by atoms with Crippen LogP contribution >= 0.6 is 22.9 Å².